The van der Waals surface area contributed by atoms with Gasteiger partial charge in [0.15, 0.2) is 6.61 Å². The van der Waals surface area contributed by atoms with Crippen LogP contribution in [0.5, 0.6) is 5.75 Å². The molecule has 0 aromatic heterocycles. The average Bonchev–Trinajstić information content (AvgIpc) is 2.34. The van der Waals surface area contributed by atoms with Crippen molar-refractivity contribution in [3.63, 3.8) is 0 Å². The zero-order valence-corrected chi connectivity index (χ0v) is 13.5. The van der Waals surface area contributed by atoms with Gasteiger partial charge in [-0.3, -0.25) is 4.21 Å². The molecule has 21 heavy (non-hydrogen) atoms. The summed E-state index contributed by atoms with van der Waals surface area (Å²) in [4.78, 5) is 0. The summed E-state index contributed by atoms with van der Waals surface area (Å²) in [7, 11) is -1.01. The molecule has 0 aliphatic rings. The van der Waals surface area contributed by atoms with E-state index < -0.39 is 23.6 Å². The molecular weight excluding hydrogens is 301 g/mol. The molecule has 1 rings (SSSR count). The van der Waals surface area contributed by atoms with Crippen LogP contribution < -0.4 is 4.74 Å². The maximum absolute atomic E-state index is 12.1. The van der Waals surface area contributed by atoms with Gasteiger partial charge in [-0.25, -0.2) is 0 Å². The second kappa shape index (κ2) is 6.81. The fourth-order valence-corrected chi connectivity index (χ4v) is 2.80. The van der Waals surface area contributed by atoms with Crippen LogP contribution in [-0.2, 0) is 10.8 Å². The summed E-state index contributed by atoms with van der Waals surface area (Å²) in [6.07, 6.45) is -4.35. The van der Waals surface area contributed by atoms with E-state index in [1.165, 1.54) is 6.07 Å². The Bertz CT molecular complexity index is 492. The lowest BCUT2D eigenvalue weighted by molar-refractivity contribution is -0.153. The van der Waals surface area contributed by atoms with E-state index in [1.807, 2.05) is 33.8 Å². The van der Waals surface area contributed by atoms with Crippen LogP contribution in [0.15, 0.2) is 24.3 Å². The van der Waals surface area contributed by atoms with Gasteiger partial charge in [0.2, 0.25) is 0 Å². The minimum Gasteiger partial charge on any atom is -0.484 e. The van der Waals surface area contributed by atoms with Crippen molar-refractivity contribution in [3.8, 4) is 5.75 Å². The van der Waals surface area contributed by atoms with Gasteiger partial charge in [-0.2, -0.15) is 13.2 Å². The molecular formula is C15H21F3O2S. The minimum atomic E-state index is -4.35. The number of rotatable bonds is 5. The first-order chi connectivity index (χ1) is 9.49. The van der Waals surface area contributed by atoms with E-state index >= 15 is 0 Å². The molecule has 0 spiro atoms. The predicted octanol–water partition coefficient (Wildman–Crippen LogP) is 4.28. The monoisotopic (exact) mass is 322 g/mol. The molecule has 0 bridgehead atoms. The Kier molecular flexibility index (Phi) is 5.84. The maximum Gasteiger partial charge on any atom is 0.422 e. The third-order valence-corrected chi connectivity index (χ3v) is 5.08. The Balaban J connectivity index is 2.73. The van der Waals surface area contributed by atoms with E-state index in [1.54, 1.807) is 12.1 Å². The first-order valence-electron chi connectivity index (χ1n) is 6.67. The van der Waals surface area contributed by atoms with Crippen molar-refractivity contribution in [3.05, 3.63) is 29.8 Å². The van der Waals surface area contributed by atoms with Crippen LogP contribution >= 0.6 is 0 Å². The molecule has 2 nitrogen and oxygen atoms in total. The molecule has 0 saturated carbocycles. The highest BCUT2D eigenvalue weighted by atomic mass is 32.2. The normalized spacial score (nSPS) is 15.6. The number of ether oxygens (including phenoxy) is 1. The van der Waals surface area contributed by atoms with Gasteiger partial charge in [-0.15, -0.1) is 0 Å². The fourth-order valence-electron chi connectivity index (χ4n) is 1.65. The number of benzene rings is 1. The summed E-state index contributed by atoms with van der Waals surface area (Å²) < 4.78 is 53.0. The van der Waals surface area contributed by atoms with Gasteiger partial charge in [-0.05, 0) is 44.4 Å². The number of hydrogen-bond acceptors (Lipinski definition) is 2. The molecule has 6 heteroatoms. The zero-order valence-electron chi connectivity index (χ0n) is 12.7. The van der Waals surface area contributed by atoms with Gasteiger partial charge < -0.3 is 4.74 Å². The molecule has 0 heterocycles. The smallest absolute Gasteiger partial charge is 0.422 e. The Morgan fingerprint density at radius 1 is 1.24 bits per heavy atom. The van der Waals surface area contributed by atoms with Crippen LogP contribution in [0.4, 0.5) is 13.2 Å². The topological polar surface area (TPSA) is 26.3 Å². The van der Waals surface area contributed by atoms with Gasteiger partial charge in [0.25, 0.3) is 0 Å². The Morgan fingerprint density at radius 3 is 2.38 bits per heavy atom. The Hall–Kier alpha value is -1.04. The third-order valence-electron chi connectivity index (χ3n) is 2.91. The zero-order chi connectivity index (χ0) is 16.3. The van der Waals surface area contributed by atoms with Crippen molar-refractivity contribution in [1.82, 2.24) is 0 Å². The van der Waals surface area contributed by atoms with E-state index in [4.69, 9.17) is 4.74 Å². The van der Waals surface area contributed by atoms with Crippen LogP contribution in [0.2, 0.25) is 0 Å². The molecule has 0 unspecified atom stereocenters. The molecule has 0 aliphatic carbocycles. The lowest BCUT2D eigenvalue weighted by Crippen LogP contribution is -2.26. The maximum atomic E-state index is 12.1. The highest BCUT2D eigenvalue weighted by Gasteiger charge is 2.28. The van der Waals surface area contributed by atoms with Crippen LogP contribution in [-0.4, -0.2) is 27.5 Å². The predicted molar refractivity (Wildman–Crippen MR) is 79.2 cm³/mol. The van der Waals surface area contributed by atoms with Crippen molar-refractivity contribution >= 4 is 10.8 Å². The summed E-state index contributed by atoms with van der Waals surface area (Å²) in [5, 5.41) is 0. The molecule has 120 valence electrons. The number of hydrogen-bond donors (Lipinski definition) is 0. The van der Waals surface area contributed by atoms with Crippen molar-refractivity contribution in [2.75, 3.05) is 12.4 Å². The van der Waals surface area contributed by atoms with Crippen LogP contribution in [0, 0.1) is 0 Å². The second-order valence-corrected chi connectivity index (χ2v) is 8.25. The molecule has 0 saturated heterocycles. The van der Waals surface area contributed by atoms with Crippen molar-refractivity contribution in [2.45, 2.75) is 44.5 Å². The summed E-state index contributed by atoms with van der Waals surface area (Å²) >= 11 is 0. The standard InChI is InChI=1S/C15H21F3O2S/c1-11(9-21(19)14(2,3)4)12-6-5-7-13(8-12)20-10-15(16,17)18/h5-8,11H,9-10H2,1-4H3/t11-,21+/m1/s1. The summed E-state index contributed by atoms with van der Waals surface area (Å²) in [6, 6.07) is 6.53. The molecule has 0 aliphatic heterocycles. The average molecular weight is 322 g/mol. The summed E-state index contributed by atoms with van der Waals surface area (Å²) in [5.41, 5.74) is 0.826. The Labute approximate surface area is 126 Å². The molecule has 2 atom stereocenters. The molecule has 0 radical (unpaired) electrons. The molecule has 0 fully saturated rings. The van der Waals surface area contributed by atoms with Gasteiger partial charge in [0.05, 0.1) is 0 Å². The van der Waals surface area contributed by atoms with E-state index in [2.05, 4.69) is 0 Å². The van der Waals surface area contributed by atoms with Crippen LogP contribution in [0.1, 0.15) is 39.2 Å². The van der Waals surface area contributed by atoms with E-state index in [0.717, 1.165) is 5.56 Å². The highest BCUT2D eigenvalue weighted by molar-refractivity contribution is 7.86. The van der Waals surface area contributed by atoms with E-state index in [-0.39, 0.29) is 16.4 Å². The van der Waals surface area contributed by atoms with Gasteiger partial charge in [0, 0.05) is 21.3 Å². The van der Waals surface area contributed by atoms with Gasteiger partial charge in [-0.1, -0.05) is 19.1 Å². The SMILES string of the molecule is C[C@H](C[S@](=O)C(C)(C)C)c1cccc(OCC(F)(F)F)c1. The van der Waals surface area contributed by atoms with Crippen LogP contribution in [0.3, 0.4) is 0 Å². The highest BCUT2D eigenvalue weighted by Crippen LogP contribution is 2.25. The lowest BCUT2D eigenvalue weighted by atomic mass is 10.0. The summed E-state index contributed by atoms with van der Waals surface area (Å²) in [6.45, 7) is 6.31. The first kappa shape index (κ1) is 18.0. The Morgan fingerprint density at radius 2 is 1.86 bits per heavy atom. The molecule has 0 N–H and O–H groups in total. The van der Waals surface area contributed by atoms with Gasteiger partial charge >= 0.3 is 6.18 Å². The number of alkyl halides is 3. The van der Waals surface area contributed by atoms with Gasteiger partial charge in [0.1, 0.15) is 5.75 Å². The lowest BCUT2D eigenvalue weighted by Gasteiger charge is -2.21. The molecule has 1 aromatic rings. The third kappa shape index (κ3) is 6.50. The summed E-state index contributed by atoms with van der Waals surface area (Å²) in [5.74, 6) is 0.629. The van der Waals surface area contributed by atoms with Crippen molar-refractivity contribution < 1.29 is 22.1 Å². The number of halogens is 3. The van der Waals surface area contributed by atoms with Crippen LogP contribution in [0.25, 0.3) is 0 Å². The fraction of sp³-hybridized carbons (Fsp3) is 0.600. The molecule has 0 amide bonds. The second-order valence-electron chi connectivity index (χ2n) is 6.00. The van der Waals surface area contributed by atoms with Crippen molar-refractivity contribution in [2.24, 2.45) is 0 Å². The molecule has 1 aromatic carbocycles. The largest absolute Gasteiger partial charge is 0.484 e. The van der Waals surface area contributed by atoms with E-state index in [0.29, 0.717) is 5.75 Å². The minimum absolute atomic E-state index is 0.0144. The first-order valence-corrected chi connectivity index (χ1v) is 7.99. The van der Waals surface area contributed by atoms with E-state index in [9.17, 15) is 17.4 Å². The van der Waals surface area contributed by atoms with Crippen molar-refractivity contribution in [1.29, 1.82) is 0 Å². The quantitative estimate of drug-likeness (QED) is 0.809.